The van der Waals surface area contributed by atoms with Crippen LogP contribution in [-0.4, -0.2) is 14.7 Å². The van der Waals surface area contributed by atoms with Crippen LogP contribution in [0.25, 0.3) is 0 Å². The standard InChI is InChI=1S/C7H9BrIN2OP/c1-3-5(12)7-6(8)4(2)11(10-7)13-9/h3,5,12-13H,1H2,2H3. The molecule has 0 radical (unpaired) electrons. The third kappa shape index (κ3) is 2.32. The van der Waals surface area contributed by atoms with Crippen molar-refractivity contribution >= 4 is 44.3 Å². The molecule has 72 valence electrons. The molecule has 0 saturated carbocycles. The summed E-state index contributed by atoms with van der Waals surface area (Å²) in [6.45, 7) is 5.48. The Kier molecular flexibility index (Phi) is 4.35. The number of rotatable bonds is 3. The van der Waals surface area contributed by atoms with E-state index in [1.165, 1.54) is 6.08 Å². The van der Waals surface area contributed by atoms with E-state index in [2.05, 4.69) is 49.6 Å². The molecule has 1 aromatic heterocycles. The molecule has 0 amide bonds. The van der Waals surface area contributed by atoms with Crippen molar-refractivity contribution in [1.82, 2.24) is 9.55 Å². The van der Waals surface area contributed by atoms with Crippen LogP contribution in [0.5, 0.6) is 0 Å². The zero-order valence-corrected chi connectivity index (χ0v) is 11.7. The molecule has 3 nitrogen and oxygen atoms in total. The average molecular weight is 375 g/mol. The molecule has 2 unspecified atom stereocenters. The highest BCUT2D eigenvalue weighted by molar-refractivity contribution is 14.2. The van der Waals surface area contributed by atoms with Crippen molar-refractivity contribution in [2.45, 2.75) is 13.0 Å². The lowest BCUT2D eigenvalue weighted by Gasteiger charge is -1.99. The molecule has 1 rings (SSSR count). The molecule has 1 aromatic rings. The van der Waals surface area contributed by atoms with Gasteiger partial charge >= 0.3 is 0 Å². The summed E-state index contributed by atoms with van der Waals surface area (Å²) in [7, 11) is 0. The van der Waals surface area contributed by atoms with Crippen LogP contribution in [0.4, 0.5) is 0 Å². The van der Waals surface area contributed by atoms with Crippen molar-refractivity contribution in [3.63, 3.8) is 0 Å². The molecule has 1 heterocycles. The Labute approximate surface area is 100 Å². The van der Waals surface area contributed by atoms with Gasteiger partial charge in [0.1, 0.15) is 11.8 Å². The lowest BCUT2D eigenvalue weighted by molar-refractivity contribution is 0.223. The molecule has 13 heavy (non-hydrogen) atoms. The van der Waals surface area contributed by atoms with Gasteiger partial charge in [-0.3, -0.25) is 0 Å². The maximum Gasteiger partial charge on any atom is 0.117 e. The van der Waals surface area contributed by atoms with Crippen molar-refractivity contribution < 1.29 is 5.11 Å². The van der Waals surface area contributed by atoms with Crippen LogP contribution in [0.1, 0.15) is 17.5 Å². The third-order valence-electron chi connectivity index (χ3n) is 1.65. The van der Waals surface area contributed by atoms with Crippen LogP contribution in [0, 0.1) is 6.92 Å². The highest BCUT2D eigenvalue weighted by Gasteiger charge is 2.16. The Morgan fingerprint density at radius 1 is 1.85 bits per heavy atom. The van der Waals surface area contributed by atoms with Gasteiger partial charge in [0.2, 0.25) is 0 Å². The van der Waals surface area contributed by atoms with Crippen LogP contribution in [-0.2, 0) is 0 Å². The molecule has 0 saturated heterocycles. The first-order valence-corrected chi connectivity index (χ1v) is 8.39. The summed E-state index contributed by atoms with van der Waals surface area (Å²) < 4.78 is 2.72. The van der Waals surface area contributed by atoms with Gasteiger partial charge in [-0.15, -0.1) is 6.58 Å². The van der Waals surface area contributed by atoms with Crippen molar-refractivity contribution in [3.8, 4) is 0 Å². The summed E-state index contributed by atoms with van der Waals surface area (Å²) in [6, 6.07) is 0. The number of hydrogen-bond acceptors (Lipinski definition) is 2. The molecule has 1 N–H and O–H groups in total. The predicted molar refractivity (Wildman–Crippen MR) is 67.6 cm³/mol. The van der Waals surface area contributed by atoms with E-state index >= 15 is 0 Å². The molecular weight excluding hydrogens is 366 g/mol. The van der Waals surface area contributed by atoms with Gasteiger partial charge in [0, 0.05) is 0 Å². The largest absolute Gasteiger partial charge is 0.383 e. The molecular formula is C7H9BrIN2OP. The first-order valence-electron chi connectivity index (χ1n) is 3.54. The number of halogens is 2. The van der Waals surface area contributed by atoms with E-state index < -0.39 is 6.10 Å². The monoisotopic (exact) mass is 374 g/mol. The highest BCUT2D eigenvalue weighted by Crippen LogP contribution is 2.33. The van der Waals surface area contributed by atoms with Gasteiger partial charge in [0.05, 0.1) is 16.5 Å². The maximum absolute atomic E-state index is 9.52. The lowest BCUT2D eigenvalue weighted by Crippen LogP contribution is -1.94. The Morgan fingerprint density at radius 3 is 2.85 bits per heavy atom. The zero-order valence-electron chi connectivity index (χ0n) is 6.96. The third-order valence-corrected chi connectivity index (χ3v) is 4.60. The van der Waals surface area contributed by atoms with E-state index in [-0.39, 0.29) is 0 Å². The zero-order chi connectivity index (χ0) is 10.0. The van der Waals surface area contributed by atoms with E-state index in [9.17, 15) is 5.11 Å². The minimum Gasteiger partial charge on any atom is -0.383 e. The molecule has 6 heteroatoms. The van der Waals surface area contributed by atoms with Crippen molar-refractivity contribution in [2.24, 2.45) is 0 Å². The van der Waals surface area contributed by atoms with Crippen molar-refractivity contribution in [1.29, 1.82) is 0 Å². The minimum absolute atomic E-state index is 0.540. The van der Waals surface area contributed by atoms with E-state index in [0.717, 1.165) is 10.2 Å². The molecule has 0 bridgehead atoms. The second-order valence-corrected chi connectivity index (χ2v) is 5.29. The topological polar surface area (TPSA) is 38.1 Å². The fourth-order valence-electron chi connectivity index (χ4n) is 0.888. The van der Waals surface area contributed by atoms with E-state index in [4.69, 9.17) is 0 Å². The normalized spacial score (nSPS) is 13.8. The van der Waals surface area contributed by atoms with Crippen LogP contribution in [0.2, 0.25) is 0 Å². The molecule has 0 aliphatic heterocycles. The number of aliphatic hydroxyl groups is 1. The van der Waals surface area contributed by atoms with Crippen molar-refractivity contribution in [2.75, 3.05) is 0 Å². The summed E-state index contributed by atoms with van der Waals surface area (Å²) in [4.78, 5) is 0. The van der Waals surface area contributed by atoms with E-state index in [1.54, 1.807) is 0 Å². The maximum atomic E-state index is 9.52. The van der Waals surface area contributed by atoms with E-state index in [1.807, 2.05) is 11.4 Å². The molecule has 0 fully saturated rings. The summed E-state index contributed by atoms with van der Waals surface area (Å²) in [5.41, 5.74) is 1.67. The van der Waals surface area contributed by atoms with Gasteiger partial charge in [-0.2, -0.15) is 5.10 Å². The highest BCUT2D eigenvalue weighted by atomic mass is 127. The number of hydrogen-bond donors (Lipinski definition) is 1. The number of nitrogens with zero attached hydrogens (tertiary/aromatic N) is 2. The van der Waals surface area contributed by atoms with Crippen LogP contribution >= 0.6 is 44.3 Å². The first kappa shape index (κ1) is 11.6. The average Bonchev–Trinajstić information content (AvgIpc) is 2.43. The summed E-state index contributed by atoms with van der Waals surface area (Å²) >= 11 is 5.64. The minimum atomic E-state index is -0.693. The Balaban J connectivity index is 3.16. The van der Waals surface area contributed by atoms with Gasteiger partial charge in [-0.25, -0.2) is 4.45 Å². The fourth-order valence-corrected chi connectivity index (χ4v) is 3.33. The molecule has 0 spiro atoms. The van der Waals surface area contributed by atoms with Crippen LogP contribution in [0.15, 0.2) is 17.1 Å². The van der Waals surface area contributed by atoms with Crippen LogP contribution < -0.4 is 0 Å². The predicted octanol–water partition coefficient (Wildman–Crippen LogP) is 2.97. The molecule has 0 aliphatic carbocycles. The van der Waals surface area contributed by atoms with Crippen molar-refractivity contribution in [3.05, 3.63) is 28.5 Å². The molecule has 2 atom stereocenters. The van der Waals surface area contributed by atoms with Gasteiger partial charge < -0.3 is 5.11 Å². The number of aromatic nitrogens is 2. The second kappa shape index (κ2) is 4.87. The van der Waals surface area contributed by atoms with Gasteiger partial charge in [0.25, 0.3) is 0 Å². The Hall–Kier alpha value is 0.550. The number of aliphatic hydroxyl groups excluding tert-OH is 1. The first-order chi connectivity index (χ1) is 6.11. The quantitative estimate of drug-likeness (QED) is 0.502. The summed E-state index contributed by atoms with van der Waals surface area (Å²) in [5, 5.41) is 13.8. The molecule has 0 aliphatic rings. The van der Waals surface area contributed by atoms with Crippen LogP contribution in [0.3, 0.4) is 0 Å². The molecule has 0 aromatic carbocycles. The Morgan fingerprint density at radius 2 is 2.46 bits per heavy atom. The van der Waals surface area contributed by atoms with Gasteiger partial charge in [0.15, 0.2) is 0 Å². The lowest BCUT2D eigenvalue weighted by atomic mass is 10.2. The van der Waals surface area contributed by atoms with E-state index in [0.29, 0.717) is 12.1 Å². The summed E-state index contributed by atoms with van der Waals surface area (Å²) in [6.07, 6.45) is 1.31. The van der Waals surface area contributed by atoms with Gasteiger partial charge in [-0.1, -0.05) is 6.08 Å². The smallest absolute Gasteiger partial charge is 0.117 e. The SMILES string of the molecule is C=CC(O)c1nn(PI)c(C)c1Br. The summed E-state index contributed by atoms with van der Waals surface area (Å²) in [5.74, 6) is 0. The Bertz CT molecular complexity index is 329. The fraction of sp³-hybridized carbons (Fsp3) is 0.286. The van der Waals surface area contributed by atoms with Gasteiger partial charge in [-0.05, 0) is 44.9 Å². The second-order valence-electron chi connectivity index (χ2n) is 2.46.